The number of anilines is 2. The van der Waals surface area contributed by atoms with Gasteiger partial charge in [-0.3, -0.25) is 29.4 Å². The summed E-state index contributed by atoms with van der Waals surface area (Å²) in [7, 11) is 0. The van der Waals surface area contributed by atoms with Crippen LogP contribution >= 0.6 is 0 Å². The Balaban J connectivity index is 1.53. The van der Waals surface area contributed by atoms with Crippen molar-refractivity contribution in [3.8, 4) is 0 Å². The molecule has 4 rings (SSSR count). The number of nitrogens with zero attached hydrogens (tertiary/aromatic N) is 2. The van der Waals surface area contributed by atoms with Crippen LogP contribution in [0.1, 0.15) is 46.4 Å². The van der Waals surface area contributed by atoms with Crippen LogP contribution in [-0.2, 0) is 4.79 Å². The number of carbonyl (C=O) groups excluding carboxylic acids is 3. The maximum atomic E-state index is 13.0. The Bertz CT molecular complexity index is 1080. The molecule has 1 aliphatic carbocycles. The van der Waals surface area contributed by atoms with Crippen molar-refractivity contribution in [2.75, 3.05) is 16.8 Å². The maximum absolute atomic E-state index is 13.0. The van der Waals surface area contributed by atoms with Crippen molar-refractivity contribution in [2.24, 2.45) is 5.73 Å². The average Bonchev–Trinajstić information content (AvgIpc) is 2.79. The van der Waals surface area contributed by atoms with Gasteiger partial charge in [0.2, 0.25) is 5.91 Å². The molecule has 2 aliphatic rings. The standard InChI is InChI=1S/C22H23N5O5/c23-15-4-6-16(7-5-15)24-21(29)14-3-10-19-18(11-14)25-20(28)12-26(19)22(30)13-1-8-17(9-2-13)27(31)32/h1-3,8-11,15-16H,4-7,12,23H2,(H,24,29)(H,25,28). The van der Waals surface area contributed by atoms with Gasteiger partial charge in [0.1, 0.15) is 6.54 Å². The number of fused-ring (bicyclic) bond motifs is 1. The summed E-state index contributed by atoms with van der Waals surface area (Å²) in [5.74, 6) is -1.11. The maximum Gasteiger partial charge on any atom is 0.269 e. The van der Waals surface area contributed by atoms with Crippen LogP contribution in [0.3, 0.4) is 0 Å². The molecule has 4 N–H and O–H groups in total. The lowest BCUT2D eigenvalue weighted by Gasteiger charge is -2.30. The van der Waals surface area contributed by atoms with Crippen molar-refractivity contribution >= 4 is 34.8 Å². The molecule has 10 nitrogen and oxygen atoms in total. The first-order valence-corrected chi connectivity index (χ1v) is 10.4. The minimum absolute atomic E-state index is 0.0631. The molecule has 2 aromatic carbocycles. The number of nitro groups is 1. The van der Waals surface area contributed by atoms with Gasteiger partial charge in [-0.05, 0) is 56.0 Å². The Morgan fingerprint density at radius 3 is 2.38 bits per heavy atom. The van der Waals surface area contributed by atoms with Crippen molar-refractivity contribution in [2.45, 2.75) is 37.8 Å². The number of nitro benzene ring substituents is 1. The van der Waals surface area contributed by atoms with E-state index in [1.807, 2.05) is 0 Å². The summed E-state index contributed by atoms with van der Waals surface area (Å²) in [6.45, 7) is -0.198. The number of benzene rings is 2. The molecule has 3 amide bonds. The lowest BCUT2D eigenvalue weighted by molar-refractivity contribution is -0.384. The van der Waals surface area contributed by atoms with Crippen LogP contribution in [0.15, 0.2) is 42.5 Å². The molecule has 1 aliphatic heterocycles. The summed E-state index contributed by atoms with van der Waals surface area (Å²) in [5.41, 5.74) is 7.19. The molecule has 0 aromatic heterocycles. The van der Waals surface area contributed by atoms with E-state index < -0.39 is 16.7 Å². The van der Waals surface area contributed by atoms with Crippen molar-refractivity contribution in [1.82, 2.24) is 5.32 Å². The van der Waals surface area contributed by atoms with Crippen LogP contribution in [0.4, 0.5) is 17.1 Å². The predicted octanol–water partition coefficient (Wildman–Crippen LogP) is 2.19. The van der Waals surface area contributed by atoms with Gasteiger partial charge in [-0.25, -0.2) is 0 Å². The van der Waals surface area contributed by atoms with Crippen molar-refractivity contribution in [3.05, 3.63) is 63.7 Å². The largest absolute Gasteiger partial charge is 0.349 e. The van der Waals surface area contributed by atoms with Crippen LogP contribution in [0.25, 0.3) is 0 Å². The van der Waals surface area contributed by atoms with Crippen LogP contribution in [0.2, 0.25) is 0 Å². The molecule has 0 bridgehead atoms. The minimum Gasteiger partial charge on any atom is -0.349 e. The monoisotopic (exact) mass is 437 g/mol. The van der Waals surface area contributed by atoms with Gasteiger partial charge >= 0.3 is 0 Å². The Morgan fingerprint density at radius 2 is 1.72 bits per heavy atom. The smallest absolute Gasteiger partial charge is 0.269 e. The molecule has 1 fully saturated rings. The van der Waals surface area contributed by atoms with Gasteiger partial charge in [-0.2, -0.15) is 0 Å². The van der Waals surface area contributed by atoms with E-state index in [0.717, 1.165) is 25.7 Å². The number of nitrogens with one attached hydrogen (secondary N) is 2. The van der Waals surface area contributed by atoms with Crippen LogP contribution in [0, 0.1) is 10.1 Å². The van der Waals surface area contributed by atoms with Crippen molar-refractivity contribution < 1.29 is 19.3 Å². The van der Waals surface area contributed by atoms with Gasteiger partial charge in [0.15, 0.2) is 0 Å². The summed E-state index contributed by atoms with van der Waals surface area (Å²) >= 11 is 0. The molecule has 10 heteroatoms. The second-order valence-corrected chi connectivity index (χ2v) is 8.06. The zero-order chi connectivity index (χ0) is 22.8. The number of hydrogen-bond donors (Lipinski definition) is 3. The molecular formula is C22H23N5O5. The SMILES string of the molecule is NC1CCC(NC(=O)c2ccc3c(c2)NC(=O)CN3C(=O)c2ccc([N+](=O)[O-])cc2)CC1. The van der Waals surface area contributed by atoms with Crippen molar-refractivity contribution in [3.63, 3.8) is 0 Å². The summed E-state index contributed by atoms with van der Waals surface area (Å²) in [6.07, 6.45) is 3.38. The Labute approximate surface area is 183 Å². The van der Waals surface area contributed by atoms with E-state index in [-0.39, 0.29) is 35.8 Å². The highest BCUT2D eigenvalue weighted by Gasteiger charge is 2.29. The van der Waals surface area contributed by atoms with E-state index in [0.29, 0.717) is 16.9 Å². The molecule has 2 aromatic rings. The molecular weight excluding hydrogens is 414 g/mol. The van der Waals surface area contributed by atoms with Crippen LogP contribution < -0.4 is 21.3 Å². The van der Waals surface area contributed by atoms with Crippen LogP contribution in [-0.4, -0.2) is 41.3 Å². The third kappa shape index (κ3) is 4.45. The first-order chi connectivity index (χ1) is 15.3. The number of non-ortho nitro benzene ring substituents is 1. The minimum atomic E-state index is -0.549. The summed E-state index contributed by atoms with van der Waals surface area (Å²) in [5, 5.41) is 16.5. The Kier molecular flexibility index (Phi) is 5.87. The summed E-state index contributed by atoms with van der Waals surface area (Å²) < 4.78 is 0. The molecule has 0 radical (unpaired) electrons. The van der Waals surface area contributed by atoms with E-state index in [1.165, 1.54) is 29.2 Å². The van der Waals surface area contributed by atoms with Gasteiger partial charge in [0.05, 0.1) is 16.3 Å². The number of amides is 3. The number of rotatable bonds is 4. The van der Waals surface area contributed by atoms with E-state index in [4.69, 9.17) is 5.73 Å². The average molecular weight is 437 g/mol. The number of nitrogens with two attached hydrogens (primary N) is 1. The first kappa shape index (κ1) is 21.4. The van der Waals surface area contributed by atoms with E-state index in [1.54, 1.807) is 18.2 Å². The topological polar surface area (TPSA) is 148 Å². The van der Waals surface area contributed by atoms with Gasteiger partial charge in [-0.1, -0.05) is 0 Å². The van der Waals surface area contributed by atoms with E-state index >= 15 is 0 Å². The Hall–Kier alpha value is -3.79. The lowest BCUT2D eigenvalue weighted by atomic mass is 9.91. The molecule has 32 heavy (non-hydrogen) atoms. The summed E-state index contributed by atoms with van der Waals surface area (Å²) in [6, 6.07) is 10.2. The molecule has 1 saturated carbocycles. The highest BCUT2D eigenvalue weighted by atomic mass is 16.6. The fraction of sp³-hybridized carbons (Fsp3) is 0.318. The predicted molar refractivity (Wildman–Crippen MR) is 118 cm³/mol. The second-order valence-electron chi connectivity index (χ2n) is 8.06. The quantitative estimate of drug-likeness (QED) is 0.493. The fourth-order valence-corrected chi connectivity index (χ4v) is 4.03. The van der Waals surface area contributed by atoms with Gasteiger partial charge in [0.25, 0.3) is 17.5 Å². The fourth-order valence-electron chi connectivity index (χ4n) is 4.03. The molecule has 0 atom stereocenters. The zero-order valence-corrected chi connectivity index (χ0v) is 17.2. The highest BCUT2D eigenvalue weighted by Crippen LogP contribution is 2.32. The van der Waals surface area contributed by atoms with E-state index in [2.05, 4.69) is 10.6 Å². The molecule has 0 saturated heterocycles. The zero-order valence-electron chi connectivity index (χ0n) is 17.2. The first-order valence-electron chi connectivity index (χ1n) is 10.4. The molecule has 1 heterocycles. The molecule has 0 unspecified atom stereocenters. The van der Waals surface area contributed by atoms with Gasteiger partial charge < -0.3 is 16.4 Å². The van der Waals surface area contributed by atoms with Crippen molar-refractivity contribution in [1.29, 1.82) is 0 Å². The van der Waals surface area contributed by atoms with Gasteiger partial charge in [0, 0.05) is 35.3 Å². The Morgan fingerprint density at radius 1 is 1.06 bits per heavy atom. The lowest BCUT2D eigenvalue weighted by Crippen LogP contribution is -2.42. The van der Waals surface area contributed by atoms with Crippen LogP contribution in [0.5, 0.6) is 0 Å². The van der Waals surface area contributed by atoms with E-state index in [9.17, 15) is 24.5 Å². The third-order valence-electron chi connectivity index (χ3n) is 5.80. The molecule has 0 spiro atoms. The highest BCUT2D eigenvalue weighted by molar-refractivity contribution is 6.15. The summed E-state index contributed by atoms with van der Waals surface area (Å²) in [4.78, 5) is 49.5. The third-order valence-corrected chi connectivity index (χ3v) is 5.80. The second kappa shape index (κ2) is 8.75. The molecule has 166 valence electrons. The normalized spacial score (nSPS) is 20.2. The van der Waals surface area contributed by atoms with Gasteiger partial charge in [-0.15, -0.1) is 0 Å². The number of carbonyl (C=O) groups is 3. The number of hydrogen-bond acceptors (Lipinski definition) is 6.